The molecule has 15 heavy (non-hydrogen) atoms. The van der Waals surface area contributed by atoms with Crippen LogP contribution in [0.1, 0.15) is 0 Å². The molecule has 78 valence electrons. The number of thiophene rings is 1. The highest BCUT2D eigenvalue weighted by Crippen LogP contribution is 2.35. The average Bonchev–Trinajstić information content (AvgIpc) is 2.65. The second kappa shape index (κ2) is 4.13. The van der Waals surface area contributed by atoms with E-state index < -0.39 is 0 Å². The Hall–Kier alpha value is -1.19. The van der Waals surface area contributed by atoms with Crippen molar-refractivity contribution in [3.63, 3.8) is 0 Å². The van der Waals surface area contributed by atoms with E-state index >= 15 is 0 Å². The van der Waals surface area contributed by atoms with Gasteiger partial charge in [0.05, 0.1) is 11.4 Å². The standard InChI is InChI=1S/C11H9ClO2S/c1-14-9-3-2-7(6-8(9)13)10-4-5-11(12)15-10/h2-6,13H,1H3. The zero-order valence-corrected chi connectivity index (χ0v) is 9.60. The summed E-state index contributed by atoms with van der Waals surface area (Å²) in [5.74, 6) is 0.612. The van der Waals surface area contributed by atoms with Gasteiger partial charge >= 0.3 is 0 Å². The minimum atomic E-state index is 0.138. The lowest BCUT2D eigenvalue weighted by molar-refractivity contribution is 0.373. The molecule has 2 aromatic rings. The summed E-state index contributed by atoms with van der Waals surface area (Å²) in [5.41, 5.74) is 0.935. The van der Waals surface area contributed by atoms with E-state index in [0.717, 1.165) is 14.8 Å². The van der Waals surface area contributed by atoms with E-state index in [2.05, 4.69) is 0 Å². The molecular formula is C11H9ClO2S. The van der Waals surface area contributed by atoms with Gasteiger partial charge in [0.2, 0.25) is 0 Å². The molecule has 2 nitrogen and oxygen atoms in total. The van der Waals surface area contributed by atoms with E-state index in [1.165, 1.54) is 18.4 Å². The highest BCUT2D eigenvalue weighted by Gasteiger charge is 2.06. The molecule has 0 saturated heterocycles. The van der Waals surface area contributed by atoms with Crippen molar-refractivity contribution in [2.75, 3.05) is 7.11 Å². The Morgan fingerprint density at radius 3 is 2.60 bits per heavy atom. The molecule has 0 radical (unpaired) electrons. The summed E-state index contributed by atoms with van der Waals surface area (Å²) in [6.45, 7) is 0. The fourth-order valence-corrected chi connectivity index (χ4v) is 2.35. The van der Waals surface area contributed by atoms with E-state index in [1.807, 2.05) is 18.2 Å². The minimum Gasteiger partial charge on any atom is -0.504 e. The quantitative estimate of drug-likeness (QED) is 0.866. The number of aromatic hydroxyl groups is 1. The van der Waals surface area contributed by atoms with Crippen LogP contribution in [-0.2, 0) is 0 Å². The number of halogens is 1. The summed E-state index contributed by atoms with van der Waals surface area (Å²) < 4.78 is 5.70. The molecule has 2 rings (SSSR count). The maximum absolute atomic E-state index is 9.61. The van der Waals surface area contributed by atoms with Gasteiger partial charge in [0, 0.05) is 4.88 Å². The summed E-state index contributed by atoms with van der Waals surface area (Å²) in [4.78, 5) is 1.03. The van der Waals surface area contributed by atoms with E-state index in [1.54, 1.807) is 12.1 Å². The normalized spacial score (nSPS) is 10.3. The Kier molecular flexibility index (Phi) is 2.84. The predicted octanol–water partition coefficient (Wildman–Crippen LogP) is 3.78. The highest BCUT2D eigenvalue weighted by atomic mass is 35.5. The summed E-state index contributed by atoms with van der Waals surface area (Å²) in [7, 11) is 1.52. The van der Waals surface area contributed by atoms with Crippen LogP contribution in [0.25, 0.3) is 10.4 Å². The number of benzene rings is 1. The van der Waals surface area contributed by atoms with Crippen LogP contribution in [0.15, 0.2) is 30.3 Å². The molecular weight excluding hydrogens is 232 g/mol. The van der Waals surface area contributed by atoms with Crippen molar-refractivity contribution >= 4 is 22.9 Å². The van der Waals surface area contributed by atoms with Gasteiger partial charge in [0.25, 0.3) is 0 Å². The van der Waals surface area contributed by atoms with E-state index in [-0.39, 0.29) is 5.75 Å². The van der Waals surface area contributed by atoms with Crippen molar-refractivity contribution in [1.29, 1.82) is 0 Å². The van der Waals surface area contributed by atoms with Crippen LogP contribution in [0.2, 0.25) is 4.34 Å². The third-order valence-electron chi connectivity index (χ3n) is 2.04. The van der Waals surface area contributed by atoms with Gasteiger partial charge < -0.3 is 9.84 Å². The molecule has 0 unspecified atom stereocenters. The largest absolute Gasteiger partial charge is 0.504 e. The summed E-state index contributed by atoms with van der Waals surface area (Å²) in [6, 6.07) is 9.05. The fraction of sp³-hybridized carbons (Fsp3) is 0.0909. The molecule has 0 aliphatic rings. The summed E-state index contributed by atoms with van der Waals surface area (Å²) in [5, 5.41) is 9.61. The van der Waals surface area contributed by atoms with Crippen LogP contribution in [0.5, 0.6) is 11.5 Å². The van der Waals surface area contributed by atoms with Crippen LogP contribution in [0.3, 0.4) is 0 Å². The Morgan fingerprint density at radius 2 is 2.07 bits per heavy atom. The Balaban J connectivity index is 2.42. The van der Waals surface area contributed by atoms with Crippen LogP contribution in [-0.4, -0.2) is 12.2 Å². The third-order valence-corrected chi connectivity index (χ3v) is 3.32. The lowest BCUT2D eigenvalue weighted by Gasteiger charge is -2.04. The van der Waals surface area contributed by atoms with Crippen LogP contribution in [0, 0.1) is 0 Å². The monoisotopic (exact) mass is 240 g/mol. The van der Waals surface area contributed by atoms with Gasteiger partial charge in [-0.2, -0.15) is 0 Å². The lowest BCUT2D eigenvalue weighted by atomic mass is 10.2. The topological polar surface area (TPSA) is 29.5 Å². The Labute approximate surface area is 96.7 Å². The first-order valence-corrected chi connectivity index (χ1v) is 5.53. The molecule has 1 aromatic heterocycles. The molecule has 0 fully saturated rings. The van der Waals surface area contributed by atoms with Gasteiger partial charge in [-0.15, -0.1) is 11.3 Å². The SMILES string of the molecule is COc1ccc(-c2ccc(Cl)s2)cc1O. The first-order valence-electron chi connectivity index (χ1n) is 4.33. The molecule has 0 atom stereocenters. The minimum absolute atomic E-state index is 0.138. The number of rotatable bonds is 2. The van der Waals surface area contributed by atoms with Gasteiger partial charge in [-0.25, -0.2) is 0 Å². The van der Waals surface area contributed by atoms with Crippen molar-refractivity contribution < 1.29 is 9.84 Å². The predicted molar refractivity (Wildman–Crippen MR) is 63.0 cm³/mol. The number of phenols is 1. The number of phenolic OH excluding ortho intramolecular Hbond substituents is 1. The number of hydrogen-bond acceptors (Lipinski definition) is 3. The molecule has 0 bridgehead atoms. The van der Waals surface area contributed by atoms with Crippen LogP contribution < -0.4 is 4.74 Å². The maximum Gasteiger partial charge on any atom is 0.160 e. The molecule has 1 aromatic carbocycles. The lowest BCUT2D eigenvalue weighted by Crippen LogP contribution is -1.83. The third kappa shape index (κ3) is 2.08. The van der Waals surface area contributed by atoms with Crippen LogP contribution >= 0.6 is 22.9 Å². The van der Waals surface area contributed by atoms with Crippen molar-refractivity contribution in [3.05, 3.63) is 34.7 Å². The van der Waals surface area contributed by atoms with Crippen molar-refractivity contribution in [1.82, 2.24) is 0 Å². The number of hydrogen-bond donors (Lipinski definition) is 1. The van der Waals surface area contributed by atoms with E-state index in [4.69, 9.17) is 16.3 Å². The van der Waals surface area contributed by atoms with Crippen molar-refractivity contribution in [3.8, 4) is 21.9 Å². The van der Waals surface area contributed by atoms with E-state index in [0.29, 0.717) is 5.75 Å². The van der Waals surface area contributed by atoms with Crippen molar-refractivity contribution in [2.24, 2.45) is 0 Å². The second-order valence-corrected chi connectivity index (χ2v) is 4.71. The Bertz CT molecular complexity index is 479. The first-order chi connectivity index (χ1) is 7.20. The summed E-state index contributed by atoms with van der Waals surface area (Å²) in [6.07, 6.45) is 0. The zero-order valence-electron chi connectivity index (χ0n) is 8.03. The molecule has 1 N–H and O–H groups in total. The molecule has 0 aliphatic heterocycles. The average molecular weight is 241 g/mol. The maximum atomic E-state index is 9.61. The molecule has 4 heteroatoms. The Morgan fingerprint density at radius 1 is 1.27 bits per heavy atom. The zero-order chi connectivity index (χ0) is 10.8. The van der Waals surface area contributed by atoms with Crippen LogP contribution in [0.4, 0.5) is 0 Å². The van der Waals surface area contributed by atoms with Gasteiger partial charge in [0.1, 0.15) is 0 Å². The fourth-order valence-electron chi connectivity index (χ4n) is 1.31. The molecule has 0 spiro atoms. The van der Waals surface area contributed by atoms with Gasteiger partial charge in [-0.1, -0.05) is 11.6 Å². The van der Waals surface area contributed by atoms with Gasteiger partial charge in [-0.3, -0.25) is 0 Å². The molecule has 0 amide bonds. The first kappa shape index (κ1) is 10.3. The smallest absolute Gasteiger partial charge is 0.160 e. The highest BCUT2D eigenvalue weighted by molar-refractivity contribution is 7.19. The summed E-state index contributed by atoms with van der Waals surface area (Å²) >= 11 is 7.32. The van der Waals surface area contributed by atoms with Crippen molar-refractivity contribution in [2.45, 2.75) is 0 Å². The van der Waals surface area contributed by atoms with Gasteiger partial charge in [-0.05, 0) is 35.9 Å². The van der Waals surface area contributed by atoms with Gasteiger partial charge in [0.15, 0.2) is 11.5 Å². The molecule has 0 saturated carbocycles. The second-order valence-electron chi connectivity index (χ2n) is 2.99. The molecule has 0 aliphatic carbocycles. The van der Waals surface area contributed by atoms with E-state index in [9.17, 15) is 5.11 Å². The molecule has 1 heterocycles. The number of methoxy groups -OCH3 is 1. The number of ether oxygens (including phenoxy) is 1.